The Hall–Kier alpha value is -2.20. The number of carbonyl (C=O) groups excluding carboxylic acids is 1. The molecule has 0 aliphatic carbocycles. The Balaban J connectivity index is 2.05. The van der Waals surface area contributed by atoms with E-state index in [1.165, 1.54) is 12.1 Å². The predicted molar refractivity (Wildman–Crippen MR) is 76.8 cm³/mol. The van der Waals surface area contributed by atoms with Crippen LogP contribution in [0.2, 0.25) is 0 Å². The van der Waals surface area contributed by atoms with E-state index in [9.17, 15) is 9.18 Å². The maximum Gasteiger partial charge on any atom is 0.251 e. The molecule has 0 unspecified atom stereocenters. The molecule has 0 saturated heterocycles. The molecule has 0 fully saturated rings. The van der Waals surface area contributed by atoms with Crippen LogP contribution in [0, 0.1) is 5.82 Å². The van der Waals surface area contributed by atoms with Crippen LogP contribution in [-0.4, -0.2) is 12.5 Å². The number of carbonyl (C=O) groups is 1. The van der Waals surface area contributed by atoms with Crippen molar-refractivity contribution in [2.75, 3.05) is 6.54 Å². The first-order chi connectivity index (χ1) is 9.70. The Bertz CT molecular complexity index is 599. The zero-order chi connectivity index (χ0) is 14.4. The zero-order valence-corrected chi connectivity index (χ0v) is 11.1. The molecule has 0 bridgehead atoms. The number of hydrogen-bond donors (Lipinski definition) is 2. The van der Waals surface area contributed by atoms with Crippen LogP contribution < -0.4 is 11.1 Å². The summed E-state index contributed by atoms with van der Waals surface area (Å²) < 4.78 is 13.1. The Morgan fingerprint density at radius 2 is 1.95 bits per heavy atom. The maximum absolute atomic E-state index is 13.1. The highest BCUT2D eigenvalue weighted by Gasteiger charge is 2.09. The summed E-state index contributed by atoms with van der Waals surface area (Å²) in [6.07, 6.45) is 0.656. The van der Waals surface area contributed by atoms with Gasteiger partial charge in [0.15, 0.2) is 0 Å². The van der Waals surface area contributed by atoms with Crippen molar-refractivity contribution in [1.29, 1.82) is 0 Å². The van der Waals surface area contributed by atoms with E-state index in [2.05, 4.69) is 5.32 Å². The monoisotopic (exact) mass is 272 g/mol. The van der Waals surface area contributed by atoms with Gasteiger partial charge in [0.2, 0.25) is 0 Å². The van der Waals surface area contributed by atoms with Gasteiger partial charge in [0.1, 0.15) is 5.82 Å². The molecule has 0 aliphatic rings. The molecule has 0 atom stereocenters. The van der Waals surface area contributed by atoms with Gasteiger partial charge in [-0.05, 0) is 42.3 Å². The number of benzene rings is 2. The van der Waals surface area contributed by atoms with Crippen molar-refractivity contribution < 1.29 is 9.18 Å². The number of amides is 1. The van der Waals surface area contributed by atoms with Gasteiger partial charge in [-0.25, -0.2) is 4.39 Å². The van der Waals surface area contributed by atoms with Gasteiger partial charge in [-0.2, -0.15) is 0 Å². The summed E-state index contributed by atoms with van der Waals surface area (Å²) in [5.41, 5.74) is 7.81. The maximum atomic E-state index is 13.1. The fraction of sp³-hybridized carbons (Fsp3) is 0.188. The topological polar surface area (TPSA) is 55.1 Å². The van der Waals surface area contributed by atoms with Crippen molar-refractivity contribution in [3.63, 3.8) is 0 Å². The lowest BCUT2D eigenvalue weighted by atomic mass is 10.0. The number of nitrogens with one attached hydrogen (secondary N) is 1. The molecule has 0 aliphatic heterocycles. The molecular formula is C16H17FN2O. The summed E-state index contributed by atoms with van der Waals surface area (Å²) in [6, 6.07) is 13.5. The first-order valence-corrected chi connectivity index (χ1v) is 6.51. The fourth-order valence-electron chi connectivity index (χ4n) is 2.04. The van der Waals surface area contributed by atoms with Crippen LogP contribution >= 0.6 is 0 Å². The van der Waals surface area contributed by atoms with Crippen LogP contribution in [0.15, 0.2) is 48.5 Å². The SMILES string of the molecule is NCCc1ccccc1C(=O)NCc1cccc(F)c1. The summed E-state index contributed by atoms with van der Waals surface area (Å²) in [6.45, 7) is 0.793. The lowest BCUT2D eigenvalue weighted by Crippen LogP contribution is -2.24. The molecule has 0 spiro atoms. The van der Waals surface area contributed by atoms with Gasteiger partial charge in [0.05, 0.1) is 0 Å². The first kappa shape index (κ1) is 14.2. The predicted octanol–water partition coefficient (Wildman–Crippen LogP) is 2.26. The van der Waals surface area contributed by atoms with Crippen LogP contribution in [0.4, 0.5) is 4.39 Å². The number of nitrogens with two attached hydrogens (primary N) is 1. The van der Waals surface area contributed by atoms with Gasteiger partial charge in [-0.15, -0.1) is 0 Å². The first-order valence-electron chi connectivity index (χ1n) is 6.51. The second-order valence-electron chi connectivity index (χ2n) is 4.51. The standard InChI is InChI=1S/C16H17FN2O/c17-14-6-3-4-12(10-14)11-19-16(20)15-7-2-1-5-13(15)8-9-18/h1-7,10H,8-9,11,18H2,(H,19,20). The van der Waals surface area contributed by atoms with E-state index >= 15 is 0 Å². The summed E-state index contributed by atoms with van der Waals surface area (Å²) in [7, 11) is 0. The van der Waals surface area contributed by atoms with Crippen LogP contribution in [0.3, 0.4) is 0 Å². The van der Waals surface area contributed by atoms with E-state index < -0.39 is 0 Å². The fourth-order valence-corrected chi connectivity index (χ4v) is 2.04. The number of hydrogen-bond acceptors (Lipinski definition) is 2. The summed E-state index contributed by atoms with van der Waals surface area (Å²) in [5, 5.41) is 2.79. The molecule has 0 radical (unpaired) electrons. The highest BCUT2D eigenvalue weighted by atomic mass is 19.1. The molecule has 104 valence electrons. The third-order valence-electron chi connectivity index (χ3n) is 3.02. The Kier molecular flexibility index (Phi) is 4.85. The van der Waals surface area contributed by atoms with Gasteiger partial charge in [-0.1, -0.05) is 30.3 Å². The van der Waals surface area contributed by atoms with Crippen molar-refractivity contribution >= 4 is 5.91 Å². The molecule has 0 aromatic heterocycles. The Morgan fingerprint density at radius 3 is 2.70 bits per heavy atom. The summed E-state index contributed by atoms with van der Waals surface area (Å²) in [5.74, 6) is -0.474. The van der Waals surface area contributed by atoms with Crippen molar-refractivity contribution in [2.24, 2.45) is 5.73 Å². The smallest absolute Gasteiger partial charge is 0.251 e. The third-order valence-corrected chi connectivity index (χ3v) is 3.02. The van der Waals surface area contributed by atoms with Gasteiger partial charge in [0.25, 0.3) is 5.91 Å². The molecule has 1 amide bonds. The zero-order valence-electron chi connectivity index (χ0n) is 11.1. The molecule has 2 aromatic rings. The molecular weight excluding hydrogens is 255 g/mol. The molecule has 3 N–H and O–H groups in total. The summed E-state index contributed by atoms with van der Waals surface area (Å²) >= 11 is 0. The van der Waals surface area contributed by atoms with Crippen LogP contribution in [0.1, 0.15) is 21.5 Å². The molecule has 0 saturated carbocycles. The average molecular weight is 272 g/mol. The van der Waals surface area contributed by atoms with Gasteiger partial charge in [-0.3, -0.25) is 4.79 Å². The van der Waals surface area contributed by atoms with Crippen molar-refractivity contribution in [1.82, 2.24) is 5.32 Å². The minimum absolute atomic E-state index is 0.168. The van der Waals surface area contributed by atoms with E-state index in [1.54, 1.807) is 18.2 Å². The average Bonchev–Trinajstić information content (AvgIpc) is 2.46. The second kappa shape index (κ2) is 6.82. The van der Waals surface area contributed by atoms with E-state index in [0.29, 0.717) is 25.1 Å². The minimum atomic E-state index is -0.305. The van der Waals surface area contributed by atoms with E-state index in [4.69, 9.17) is 5.73 Å². The number of rotatable bonds is 5. The van der Waals surface area contributed by atoms with E-state index in [0.717, 1.165) is 11.1 Å². The largest absolute Gasteiger partial charge is 0.348 e. The molecule has 4 heteroatoms. The van der Waals surface area contributed by atoms with E-state index in [1.807, 2.05) is 18.2 Å². The molecule has 2 rings (SSSR count). The van der Waals surface area contributed by atoms with E-state index in [-0.39, 0.29) is 11.7 Å². The van der Waals surface area contributed by atoms with Crippen molar-refractivity contribution in [2.45, 2.75) is 13.0 Å². The lowest BCUT2D eigenvalue weighted by molar-refractivity contribution is 0.0950. The minimum Gasteiger partial charge on any atom is -0.348 e. The van der Waals surface area contributed by atoms with Crippen molar-refractivity contribution in [3.8, 4) is 0 Å². The van der Waals surface area contributed by atoms with Crippen LogP contribution in [-0.2, 0) is 13.0 Å². The van der Waals surface area contributed by atoms with Gasteiger partial charge in [0, 0.05) is 12.1 Å². The van der Waals surface area contributed by atoms with Crippen LogP contribution in [0.25, 0.3) is 0 Å². The molecule has 3 nitrogen and oxygen atoms in total. The number of halogens is 1. The van der Waals surface area contributed by atoms with Crippen LogP contribution in [0.5, 0.6) is 0 Å². The Labute approximate surface area is 117 Å². The summed E-state index contributed by atoms with van der Waals surface area (Å²) in [4.78, 5) is 12.2. The lowest BCUT2D eigenvalue weighted by Gasteiger charge is -2.09. The van der Waals surface area contributed by atoms with Gasteiger partial charge >= 0.3 is 0 Å². The van der Waals surface area contributed by atoms with Crippen molar-refractivity contribution in [3.05, 3.63) is 71.0 Å². The Morgan fingerprint density at radius 1 is 1.15 bits per heavy atom. The second-order valence-corrected chi connectivity index (χ2v) is 4.51. The molecule has 20 heavy (non-hydrogen) atoms. The third kappa shape index (κ3) is 3.65. The molecule has 2 aromatic carbocycles. The molecule has 0 heterocycles. The quantitative estimate of drug-likeness (QED) is 0.877. The highest BCUT2D eigenvalue weighted by Crippen LogP contribution is 2.10. The van der Waals surface area contributed by atoms with Gasteiger partial charge < -0.3 is 11.1 Å². The normalized spacial score (nSPS) is 10.3. The highest BCUT2D eigenvalue weighted by molar-refractivity contribution is 5.95.